The molecule has 2 saturated heterocycles. The lowest BCUT2D eigenvalue weighted by Crippen LogP contribution is -2.37. The maximum atomic E-state index is 13.0. The highest BCUT2D eigenvalue weighted by molar-refractivity contribution is 5.84. The van der Waals surface area contributed by atoms with Gasteiger partial charge in [-0.3, -0.25) is 4.79 Å². The molecule has 3 heteroatoms. The molecule has 0 bridgehead atoms. The van der Waals surface area contributed by atoms with E-state index in [2.05, 4.69) is 34.5 Å². The molecule has 1 spiro atoms. The van der Waals surface area contributed by atoms with Crippen molar-refractivity contribution in [1.82, 2.24) is 10.2 Å². The lowest BCUT2D eigenvalue weighted by atomic mass is 9.82. The molecule has 0 radical (unpaired) electrons. The first-order chi connectivity index (χ1) is 10.3. The van der Waals surface area contributed by atoms with Crippen LogP contribution < -0.4 is 5.32 Å². The first-order valence-corrected chi connectivity index (χ1v) is 8.35. The number of carbonyl (C=O) groups excluding carboxylic acids is 1. The molecule has 21 heavy (non-hydrogen) atoms. The van der Waals surface area contributed by atoms with Gasteiger partial charge in [-0.2, -0.15) is 0 Å². The van der Waals surface area contributed by atoms with Crippen molar-refractivity contribution in [2.45, 2.75) is 38.0 Å². The van der Waals surface area contributed by atoms with Crippen LogP contribution in [0.25, 0.3) is 0 Å². The van der Waals surface area contributed by atoms with Crippen molar-refractivity contribution in [3.63, 3.8) is 0 Å². The standard InChI is InChI=1S/C18H24N2O/c21-17(20-11-9-18(13-20)8-10-19-12-18)16-7-3-5-14-4-1-2-6-15(14)16/h1-2,4,6,16,19H,3,5,7-13H2. The van der Waals surface area contributed by atoms with Gasteiger partial charge < -0.3 is 10.2 Å². The van der Waals surface area contributed by atoms with E-state index in [-0.39, 0.29) is 5.92 Å². The van der Waals surface area contributed by atoms with Crippen LogP contribution in [0.1, 0.15) is 42.7 Å². The van der Waals surface area contributed by atoms with Gasteiger partial charge in [-0.25, -0.2) is 0 Å². The summed E-state index contributed by atoms with van der Waals surface area (Å²) >= 11 is 0. The maximum Gasteiger partial charge on any atom is 0.230 e. The number of hydrogen-bond donors (Lipinski definition) is 1. The number of nitrogens with zero attached hydrogens (tertiary/aromatic N) is 1. The number of benzene rings is 1. The number of aryl methyl sites for hydroxylation is 1. The number of rotatable bonds is 1. The lowest BCUT2D eigenvalue weighted by Gasteiger charge is -2.29. The van der Waals surface area contributed by atoms with Crippen molar-refractivity contribution in [1.29, 1.82) is 0 Å². The maximum absolute atomic E-state index is 13.0. The number of carbonyl (C=O) groups is 1. The van der Waals surface area contributed by atoms with Crippen LogP contribution in [0.3, 0.4) is 0 Å². The molecule has 0 saturated carbocycles. The smallest absolute Gasteiger partial charge is 0.230 e. The molecular formula is C18H24N2O. The summed E-state index contributed by atoms with van der Waals surface area (Å²) in [7, 11) is 0. The highest BCUT2D eigenvalue weighted by atomic mass is 16.2. The fourth-order valence-electron chi connectivity index (χ4n) is 4.50. The van der Waals surface area contributed by atoms with Crippen LogP contribution in [0.5, 0.6) is 0 Å². The molecular weight excluding hydrogens is 260 g/mol. The van der Waals surface area contributed by atoms with Crippen LogP contribution in [-0.2, 0) is 11.2 Å². The van der Waals surface area contributed by atoms with Gasteiger partial charge in [-0.05, 0) is 49.8 Å². The zero-order chi connectivity index (χ0) is 14.3. The third-order valence-corrected chi connectivity index (χ3v) is 5.75. The normalized spacial score (nSPS) is 31.6. The summed E-state index contributed by atoms with van der Waals surface area (Å²) in [6, 6.07) is 8.54. The van der Waals surface area contributed by atoms with E-state index in [4.69, 9.17) is 0 Å². The molecule has 1 aromatic carbocycles. The number of amides is 1. The van der Waals surface area contributed by atoms with Crippen LogP contribution in [0, 0.1) is 5.41 Å². The molecule has 3 nitrogen and oxygen atoms in total. The van der Waals surface area contributed by atoms with E-state index >= 15 is 0 Å². The lowest BCUT2D eigenvalue weighted by molar-refractivity contribution is -0.132. The largest absolute Gasteiger partial charge is 0.342 e. The Labute approximate surface area is 126 Å². The minimum atomic E-state index is 0.111. The molecule has 2 fully saturated rings. The van der Waals surface area contributed by atoms with E-state index in [1.54, 1.807) is 0 Å². The van der Waals surface area contributed by atoms with Gasteiger partial charge in [0.25, 0.3) is 0 Å². The molecule has 2 atom stereocenters. The van der Waals surface area contributed by atoms with E-state index in [0.717, 1.165) is 45.4 Å². The number of hydrogen-bond acceptors (Lipinski definition) is 2. The summed E-state index contributed by atoms with van der Waals surface area (Å²) in [4.78, 5) is 15.2. The molecule has 3 aliphatic rings. The SMILES string of the molecule is O=C(C1CCCc2ccccc21)N1CCC2(CCNC2)C1. The third-order valence-electron chi connectivity index (χ3n) is 5.75. The van der Waals surface area contributed by atoms with Gasteiger partial charge in [-0.1, -0.05) is 24.3 Å². The van der Waals surface area contributed by atoms with Crippen molar-refractivity contribution >= 4 is 5.91 Å². The van der Waals surface area contributed by atoms with E-state index in [1.807, 2.05) is 0 Å². The van der Waals surface area contributed by atoms with Gasteiger partial charge >= 0.3 is 0 Å². The summed E-state index contributed by atoms with van der Waals surface area (Å²) in [5, 5.41) is 3.47. The van der Waals surface area contributed by atoms with Gasteiger partial charge in [-0.15, -0.1) is 0 Å². The van der Waals surface area contributed by atoms with Crippen molar-refractivity contribution in [3.8, 4) is 0 Å². The predicted octanol–water partition coefficient (Wildman–Crippen LogP) is 2.32. The third kappa shape index (κ3) is 2.28. The van der Waals surface area contributed by atoms with Gasteiger partial charge in [0.15, 0.2) is 0 Å². The molecule has 2 unspecified atom stereocenters. The Balaban J connectivity index is 1.54. The highest BCUT2D eigenvalue weighted by Crippen LogP contribution is 2.39. The van der Waals surface area contributed by atoms with Crippen molar-refractivity contribution in [2.75, 3.05) is 26.2 Å². The molecule has 2 heterocycles. The molecule has 112 valence electrons. The number of likely N-dealkylation sites (tertiary alicyclic amines) is 1. The average Bonchev–Trinajstić information content (AvgIpc) is 3.17. The quantitative estimate of drug-likeness (QED) is 0.858. The fraction of sp³-hybridized carbons (Fsp3) is 0.611. The second-order valence-corrected chi connectivity index (χ2v) is 7.08. The molecule has 1 amide bonds. The second kappa shape index (κ2) is 5.13. The van der Waals surface area contributed by atoms with Crippen LogP contribution in [0.15, 0.2) is 24.3 Å². The van der Waals surface area contributed by atoms with E-state index < -0.39 is 0 Å². The predicted molar refractivity (Wildman–Crippen MR) is 83.2 cm³/mol. The summed E-state index contributed by atoms with van der Waals surface area (Å²) in [6.45, 7) is 4.14. The first-order valence-electron chi connectivity index (χ1n) is 8.35. The van der Waals surface area contributed by atoms with Crippen LogP contribution in [0.2, 0.25) is 0 Å². The average molecular weight is 284 g/mol. The molecule has 1 aromatic rings. The van der Waals surface area contributed by atoms with Crippen LogP contribution in [0.4, 0.5) is 0 Å². The Hall–Kier alpha value is -1.35. The van der Waals surface area contributed by atoms with Crippen molar-refractivity contribution in [3.05, 3.63) is 35.4 Å². The van der Waals surface area contributed by atoms with E-state index in [1.165, 1.54) is 24.0 Å². The monoisotopic (exact) mass is 284 g/mol. The molecule has 2 aliphatic heterocycles. The zero-order valence-electron chi connectivity index (χ0n) is 12.6. The minimum Gasteiger partial charge on any atom is -0.342 e. The first kappa shape index (κ1) is 13.3. The summed E-state index contributed by atoms with van der Waals surface area (Å²) < 4.78 is 0. The van der Waals surface area contributed by atoms with Gasteiger partial charge in [0.2, 0.25) is 5.91 Å². The van der Waals surface area contributed by atoms with Crippen LogP contribution in [-0.4, -0.2) is 37.0 Å². The summed E-state index contributed by atoms with van der Waals surface area (Å²) in [5.41, 5.74) is 3.06. The Morgan fingerprint density at radius 1 is 1.29 bits per heavy atom. The highest BCUT2D eigenvalue weighted by Gasteiger charge is 2.43. The van der Waals surface area contributed by atoms with Gasteiger partial charge in [0, 0.05) is 25.0 Å². The minimum absolute atomic E-state index is 0.111. The Kier molecular flexibility index (Phi) is 3.26. The van der Waals surface area contributed by atoms with Gasteiger partial charge in [0.05, 0.1) is 5.92 Å². The van der Waals surface area contributed by atoms with Crippen molar-refractivity contribution < 1.29 is 4.79 Å². The molecule has 4 rings (SSSR count). The number of nitrogens with one attached hydrogen (secondary N) is 1. The summed E-state index contributed by atoms with van der Waals surface area (Å²) in [6.07, 6.45) is 5.72. The second-order valence-electron chi connectivity index (χ2n) is 7.08. The Bertz CT molecular complexity index is 548. The number of fused-ring (bicyclic) bond motifs is 1. The molecule has 0 aromatic heterocycles. The molecule has 1 aliphatic carbocycles. The zero-order valence-corrected chi connectivity index (χ0v) is 12.6. The molecule has 1 N–H and O–H groups in total. The Morgan fingerprint density at radius 3 is 3.05 bits per heavy atom. The van der Waals surface area contributed by atoms with Gasteiger partial charge in [0.1, 0.15) is 0 Å². The topological polar surface area (TPSA) is 32.3 Å². The van der Waals surface area contributed by atoms with E-state index in [9.17, 15) is 4.79 Å². The fourth-order valence-corrected chi connectivity index (χ4v) is 4.50. The summed E-state index contributed by atoms with van der Waals surface area (Å²) in [5.74, 6) is 0.491. The van der Waals surface area contributed by atoms with E-state index in [0.29, 0.717) is 11.3 Å². The van der Waals surface area contributed by atoms with Crippen LogP contribution >= 0.6 is 0 Å². The van der Waals surface area contributed by atoms with Crippen molar-refractivity contribution in [2.24, 2.45) is 5.41 Å². The Morgan fingerprint density at radius 2 is 2.19 bits per heavy atom.